The second kappa shape index (κ2) is 8.68. The van der Waals surface area contributed by atoms with Crippen molar-refractivity contribution in [3.8, 4) is 0 Å². The van der Waals surface area contributed by atoms with Crippen LogP contribution in [0.1, 0.15) is 60.1 Å². The lowest BCUT2D eigenvalue weighted by molar-refractivity contribution is 0.0638. The molecule has 2 heterocycles. The average Bonchev–Trinajstić information content (AvgIpc) is 3.31. The zero-order chi connectivity index (χ0) is 20.3. The Balaban J connectivity index is 1.69. The Labute approximate surface area is 174 Å². The third-order valence-corrected chi connectivity index (χ3v) is 6.96. The Kier molecular flexibility index (Phi) is 6.02. The second-order valence-electron chi connectivity index (χ2n) is 8.35. The zero-order valence-electron chi connectivity index (χ0n) is 17.6. The number of fused-ring (bicyclic) bond motifs is 2. The van der Waals surface area contributed by atoms with Crippen LogP contribution in [0.3, 0.4) is 0 Å². The fourth-order valence-corrected chi connectivity index (χ4v) is 5.55. The Morgan fingerprint density at radius 3 is 2.52 bits per heavy atom. The molecule has 0 spiro atoms. The van der Waals surface area contributed by atoms with Gasteiger partial charge in [0.25, 0.3) is 5.91 Å². The molecule has 1 unspecified atom stereocenters. The van der Waals surface area contributed by atoms with E-state index in [-0.39, 0.29) is 17.5 Å². The van der Waals surface area contributed by atoms with Gasteiger partial charge in [0.15, 0.2) is 0 Å². The van der Waals surface area contributed by atoms with E-state index in [2.05, 4.69) is 47.5 Å². The molecular weight excluding hydrogens is 360 g/mol. The summed E-state index contributed by atoms with van der Waals surface area (Å²) in [6.07, 6.45) is 5.50. The number of nitrogens with zero attached hydrogens (tertiary/aromatic N) is 1. The van der Waals surface area contributed by atoms with Gasteiger partial charge in [-0.3, -0.25) is 9.69 Å². The highest BCUT2D eigenvalue weighted by atomic mass is 16.5. The molecule has 4 heteroatoms. The molecule has 1 amide bonds. The summed E-state index contributed by atoms with van der Waals surface area (Å²) >= 11 is 0. The third kappa shape index (κ3) is 3.72. The van der Waals surface area contributed by atoms with E-state index in [1.807, 2.05) is 24.3 Å². The van der Waals surface area contributed by atoms with Crippen molar-refractivity contribution >= 4 is 5.91 Å². The summed E-state index contributed by atoms with van der Waals surface area (Å²) in [5.41, 5.74) is 3.06. The number of methoxy groups -OCH3 is 1. The number of aryl methyl sites for hydroxylation is 1. The lowest BCUT2D eigenvalue weighted by Crippen LogP contribution is -2.53. The first-order chi connectivity index (χ1) is 14.2. The van der Waals surface area contributed by atoms with Crippen molar-refractivity contribution in [2.24, 2.45) is 0 Å². The summed E-state index contributed by atoms with van der Waals surface area (Å²) in [4.78, 5) is 16.0. The normalized spacial score (nSPS) is 24.6. The molecule has 0 saturated carbocycles. The van der Waals surface area contributed by atoms with Crippen LogP contribution in [0.15, 0.2) is 54.6 Å². The smallest absolute Gasteiger partial charge is 0.252 e. The third-order valence-electron chi connectivity index (χ3n) is 6.96. The molecule has 2 bridgehead atoms. The monoisotopic (exact) mass is 392 g/mol. The minimum atomic E-state index is -0.0264. The van der Waals surface area contributed by atoms with E-state index in [0.29, 0.717) is 6.04 Å². The quantitative estimate of drug-likeness (QED) is 0.726. The highest BCUT2D eigenvalue weighted by molar-refractivity contribution is 5.96. The SMILES string of the molecule is CCc1ccccc1C(=O)NC(c1ccccc1)C12CCC(CC1)N2CCOC. The maximum absolute atomic E-state index is 13.4. The van der Waals surface area contributed by atoms with E-state index < -0.39 is 0 Å². The van der Waals surface area contributed by atoms with E-state index in [9.17, 15) is 4.79 Å². The number of rotatable bonds is 8. The highest BCUT2D eigenvalue weighted by Crippen LogP contribution is 2.52. The first-order valence-corrected chi connectivity index (χ1v) is 10.9. The minimum absolute atomic E-state index is 0.0227. The maximum Gasteiger partial charge on any atom is 0.252 e. The molecule has 4 rings (SSSR count). The van der Waals surface area contributed by atoms with Crippen LogP contribution >= 0.6 is 0 Å². The summed E-state index contributed by atoms with van der Waals surface area (Å²) in [7, 11) is 1.77. The molecule has 1 N–H and O–H groups in total. The summed E-state index contributed by atoms with van der Waals surface area (Å²) < 4.78 is 5.41. The van der Waals surface area contributed by atoms with Crippen LogP contribution in [0.25, 0.3) is 0 Å². The van der Waals surface area contributed by atoms with Crippen LogP contribution in [-0.4, -0.2) is 42.6 Å². The number of carbonyl (C=O) groups excluding carboxylic acids is 1. The predicted octanol–water partition coefficient (Wildman–Crippen LogP) is 4.36. The highest BCUT2D eigenvalue weighted by Gasteiger charge is 2.56. The fourth-order valence-electron chi connectivity index (χ4n) is 5.55. The van der Waals surface area contributed by atoms with Crippen molar-refractivity contribution in [3.63, 3.8) is 0 Å². The first-order valence-electron chi connectivity index (χ1n) is 10.9. The van der Waals surface area contributed by atoms with Gasteiger partial charge in [-0.05, 0) is 49.3 Å². The molecule has 154 valence electrons. The van der Waals surface area contributed by atoms with Gasteiger partial charge < -0.3 is 10.1 Å². The lowest BCUT2D eigenvalue weighted by Gasteiger charge is -2.42. The van der Waals surface area contributed by atoms with Gasteiger partial charge in [0.1, 0.15) is 0 Å². The Morgan fingerprint density at radius 2 is 1.83 bits per heavy atom. The number of nitrogens with one attached hydrogen (secondary N) is 1. The molecule has 2 saturated heterocycles. The Bertz CT molecular complexity index is 828. The number of carbonyl (C=O) groups is 1. The average molecular weight is 393 g/mol. The Morgan fingerprint density at radius 1 is 1.14 bits per heavy atom. The van der Waals surface area contributed by atoms with Crippen molar-refractivity contribution < 1.29 is 9.53 Å². The van der Waals surface area contributed by atoms with Gasteiger partial charge in [-0.1, -0.05) is 55.5 Å². The van der Waals surface area contributed by atoms with Crippen LogP contribution < -0.4 is 5.32 Å². The molecular formula is C25H32N2O2. The van der Waals surface area contributed by atoms with Crippen molar-refractivity contribution in [1.82, 2.24) is 10.2 Å². The number of hydrogen-bond donors (Lipinski definition) is 1. The molecule has 1 atom stereocenters. The predicted molar refractivity (Wildman–Crippen MR) is 116 cm³/mol. The van der Waals surface area contributed by atoms with E-state index in [0.717, 1.165) is 43.5 Å². The van der Waals surface area contributed by atoms with E-state index >= 15 is 0 Å². The van der Waals surface area contributed by atoms with Gasteiger partial charge in [-0.15, -0.1) is 0 Å². The number of hydrogen-bond acceptors (Lipinski definition) is 3. The van der Waals surface area contributed by atoms with Gasteiger partial charge in [0.2, 0.25) is 0 Å². The topological polar surface area (TPSA) is 41.6 Å². The van der Waals surface area contributed by atoms with Gasteiger partial charge in [0.05, 0.1) is 12.6 Å². The van der Waals surface area contributed by atoms with Crippen molar-refractivity contribution in [1.29, 1.82) is 0 Å². The van der Waals surface area contributed by atoms with Crippen LogP contribution in [0.4, 0.5) is 0 Å². The molecule has 0 radical (unpaired) electrons. The van der Waals surface area contributed by atoms with Crippen LogP contribution in [0.5, 0.6) is 0 Å². The summed E-state index contributed by atoms with van der Waals surface area (Å²) in [6.45, 7) is 3.75. The summed E-state index contributed by atoms with van der Waals surface area (Å²) in [6, 6.07) is 19.1. The van der Waals surface area contributed by atoms with E-state index in [1.54, 1.807) is 7.11 Å². The van der Waals surface area contributed by atoms with Crippen molar-refractivity contribution in [3.05, 3.63) is 71.3 Å². The summed E-state index contributed by atoms with van der Waals surface area (Å²) in [5, 5.41) is 3.47. The lowest BCUT2D eigenvalue weighted by atomic mass is 9.78. The van der Waals surface area contributed by atoms with Gasteiger partial charge >= 0.3 is 0 Å². The second-order valence-corrected chi connectivity index (χ2v) is 8.35. The molecule has 0 aromatic heterocycles. The van der Waals surface area contributed by atoms with E-state index in [1.165, 1.54) is 18.4 Å². The van der Waals surface area contributed by atoms with Crippen LogP contribution in [-0.2, 0) is 11.2 Å². The standard InChI is InChI=1S/C25H32N2O2/c1-3-19-9-7-8-12-22(19)24(28)26-23(20-10-5-4-6-11-20)25-15-13-21(14-16-25)27(25)17-18-29-2/h4-12,21,23H,3,13-18H2,1-2H3,(H,26,28). The number of ether oxygens (including phenoxy) is 1. The molecule has 4 nitrogen and oxygen atoms in total. The Hall–Kier alpha value is -2.17. The van der Waals surface area contributed by atoms with E-state index in [4.69, 9.17) is 4.74 Å². The fraction of sp³-hybridized carbons (Fsp3) is 0.480. The molecule has 2 aliphatic rings. The first kappa shape index (κ1) is 20.1. The molecule has 2 fully saturated rings. The molecule has 2 aromatic rings. The van der Waals surface area contributed by atoms with Gasteiger partial charge in [-0.25, -0.2) is 0 Å². The van der Waals surface area contributed by atoms with Gasteiger partial charge in [-0.2, -0.15) is 0 Å². The molecule has 2 aromatic carbocycles. The van der Waals surface area contributed by atoms with Crippen molar-refractivity contribution in [2.75, 3.05) is 20.3 Å². The van der Waals surface area contributed by atoms with Crippen LogP contribution in [0, 0.1) is 0 Å². The number of amides is 1. The van der Waals surface area contributed by atoms with Crippen molar-refractivity contribution in [2.45, 2.75) is 56.7 Å². The minimum Gasteiger partial charge on any atom is -0.383 e. The molecule has 29 heavy (non-hydrogen) atoms. The summed E-state index contributed by atoms with van der Waals surface area (Å²) in [5.74, 6) is 0.0349. The zero-order valence-corrected chi connectivity index (χ0v) is 17.6. The molecule has 2 aliphatic heterocycles. The maximum atomic E-state index is 13.4. The largest absolute Gasteiger partial charge is 0.383 e. The molecule has 0 aliphatic carbocycles. The number of benzene rings is 2. The van der Waals surface area contributed by atoms with Gasteiger partial charge in [0, 0.05) is 30.8 Å². The van der Waals surface area contributed by atoms with Crippen LogP contribution in [0.2, 0.25) is 0 Å².